The van der Waals surface area contributed by atoms with Crippen LogP contribution in [0.2, 0.25) is 5.02 Å². The molecule has 1 aromatic heterocycles. The first kappa shape index (κ1) is 15.8. The molecule has 0 fully saturated rings. The van der Waals surface area contributed by atoms with Crippen molar-refractivity contribution in [3.05, 3.63) is 34.6 Å². The monoisotopic (exact) mass is 346 g/mol. The fourth-order valence-electron chi connectivity index (χ4n) is 1.57. The van der Waals surface area contributed by atoms with E-state index in [4.69, 9.17) is 29.6 Å². The van der Waals surface area contributed by atoms with Crippen molar-refractivity contribution in [1.82, 2.24) is 25.3 Å². The molecule has 1 heterocycles. The number of H-pyrrole nitrogens is 1. The van der Waals surface area contributed by atoms with Crippen molar-refractivity contribution in [3.63, 3.8) is 0 Å². The summed E-state index contributed by atoms with van der Waals surface area (Å²) in [4.78, 5) is 0.0495. The molecule has 4 N–H and O–H groups in total. The lowest BCUT2D eigenvalue weighted by atomic mass is 10.2. The van der Waals surface area contributed by atoms with E-state index in [2.05, 4.69) is 25.3 Å². The molecule has 0 aliphatic carbocycles. The first-order valence-corrected chi connectivity index (χ1v) is 7.93. The van der Waals surface area contributed by atoms with E-state index in [0.717, 1.165) is 0 Å². The van der Waals surface area contributed by atoms with Gasteiger partial charge in [-0.3, -0.25) is 0 Å². The summed E-state index contributed by atoms with van der Waals surface area (Å²) in [6, 6.07) is 3.56. The van der Waals surface area contributed by atoms with Crippen molar-refractivity contribution in [1.29, 1.82) is 0 Å². The second kappa shape index (κ2) is 6.02. The summed E-state index contributed by atoms with van der Waals surface area (Å²) in [5.41, 5.74) is 5.95. The summed E-state index contributed by atoms with van der Waals surface area (Å²) in [6.45, 7) is 1.58. The van der Waals surface area contributed by atoms with E-state index in [1.165, 1.54) is 18.2 Å². The fourth-order valence-corrected chi connectivity index (χ4v) is 3.45. The number of hydrogen-bond acceptors (Lipinski definition) is 6. The molecule has 1 atom stereocenters. The quantitative estimate of drug-likeness (QED) is 0.674. The van der Waals surface area contributed by atoms with E-state index in [1.807, 2.05) is 0 Å². The molecule has 0 aliphatic rings. The van der Waals surface area contributed by atoms with Gasteiger partial charge in [-0.25, -0.2) is 13.1 Å². The van der Waals surface area contributed by atoms with Crippen LogP contribution in [-0.4, -0.2) is 34.0 Å². The van der Waals surface area contributed by atoms with Crippen LogP contribution in [0.4, 0.5) is 0 Å². The van der Waals surface area contributed by atoms with Crippen molar-refractivity contribution in [3.8, 4) is 0 Å². The average molecular weight is 347 g/mol. The third-order valence-electron chi connectivity index (χ3n) is 2.59. The molecular formula is C10H11ClN6O2S2. The maximum atomic E-state index is 12.3. The molecule has 0 spiro atoms. The second-order valence-corrected chi connectivity index (χ2v) is 6.65. The van der Waals surface area contributed by atoms with Crippen molar-refractivity contribution < 1.29 is 8.42 Å². The van der Waals surface area contributed by atoms with Crippen molar-refractivity contribution >= 4 is 38.8 Å². The molecule has 0 radical (unpaired) electrons. The Morgan fingerprint density at radius 3 is 2.76 bits per heavy atom. The van der Waals surface area contributed by atoms with Gasteiger partial charge in [0.25, 0.3) is 0 Å². The predicted octanol–water partition coefficient (Wildman–Crippen LogP) is 0.527. The number of halogens is 1. The van der Waals surface area contributed by atoms with Gasteiger partial charge in [0.1, 0.15) is 9.88 Å². The average Bonchev–Trinajstić information content (AvgIpc) is 2.91. The summed E-state index contributed by atoms with van der Waals surface area (Å²) >= 11 is 10.8. The third kappa shape index (κ3) is 3.53. The molecule has 0 saturated heterocycles. The van der Waals surface area contributed by atoms with E-state index in [1.54, 1.807) is 6.92 Å². The molecule has 0 amide bonds. The lowest BCUT2D eigenvalue weighted by Gasteiger charge is -2.12. The van der Waals surface area contributed by atoms with Crippen LogP contribution in [0.25, 0.3) is 0 Å². The Hall–Kier alpha value is -1.62. The number of hydrogen-bond donors (Lipinski definition) is 3. The molecule has 0 saturated carbocycles. The van der Waals surface area contributed by atoms with E-state index in [0.29, 0.717) is 5.56 Å². The smallest absolute Gasteiger partial charge is 0.242 e. The number of nitrogens with zero attached hydrogens (tertiary/aromatic N) is 3. The highest BCUT2D eigenvalue weighted by Crippen LogP contribution is 2.24. The SMILES string of the molecule is CC(NS(=O)(=O)c1ccc(C(N)=S)cc1Cl)c1nn[nH]n1. The molecule has 2 rings (SSSR count). The highest BCUT2D eigenvalue weighted by atomic mass is 35.5. The zero-order valence-corrected chi connectivity index (χ0v) is 13.1. The Morgan fingerprint density at radius 2 is 2.24 bits per heavy atom. The van der Waals surface area contributed by atoms with Crippen LogP contribution in [-0.2, 0) is 10.0 Å². The molecule has 0 bridgehead atoms. The molecule has 11 heteroatoms. The number of sulfonamides is 1. The second-order valence-electron chi connectivity index (χ2n) is 4.12. The Labute approximate surface area is 131 Å². The number of nitrogens with one attached hydrogen (secondary N) is 2. The Morgan fingerprint density at radius 1 is 1.52 bits per heavy atom. The minimum atomic E-state index is -3.85. The largest absolute Gasteiger partial charge is 0.389 e. The van der Waals surface area contributed by atoms with E-state index >= 15 is 0 Å². The van der Waals surface area contributed by atoms with Crippen LogP contribution in [0, 0.1) is 0 Å². The van der Waals surface area contributed by atoms with Gasteiger partial charge in [-0.1, -0.05) is 35.1 Å². The Kier molecular flexibility index (Phi) is 4.52. The summed E-state index contributed by atoms with van der Waals surface area (Å²) in [6.07, 6.45) is 0. The van der Waals surface area contributed by atoms with Gasteiger partial charge in [-0.05, 0) is 19.1 Å². The van der Waals surface area contributed by atoms with Crippen LogP contribution in [0.3, 0.4) is 0 Å². The van der Waals surface area contributed by atoms with Gasteiger partial charge >= 0.3 is 0 Å². The van der Waals surface area contributed by atoms with Crippen molar-refractivity contribution in [2.75, 3.05) is 0 Å². The minimum Gasteiger partial charge on any atom is -0.389 e. The fraction of sp³-hybridized carbons (Fsp3) is 0.200. The Bertz CT molecular complexity index is 762. The van der Waals surface area contributed by atoms with Crippen LogP contribution < -0.4 is 10.5 Å². The number of tetrazole rings is 1. The van der Waals surface area contributed by atoms with Crippen LogP contribution >= 0.6 is 23.8 Å². The van der Waals surface area contributed by atoms with E-state index < -0.39 is 16.1 Å². The first-order valence-electron chi connectivity index (χ1n) is 5.66. The summed E-state index contributed by atoms with van der Waals surface area (Å²) < 4.78 is 27.0. The van der Waals surface area contributed by atoms with Gasteiger partial charge < -0.3 is 5.73 Å². The Balaban J connectivity index is 2.29. The normalized spacial score (nSPS) is 13.0. The number of benzene rings is 1. The summed E-state index contributed by atoms with van der Waals surface area (Å²) in [5.74, 6) is 0.217. The number of aromatic amines is 1. The molecule has 0 aliphatic heterocycles. The van der Waals surface area contributed by atoms with Gasteiger partial charge in [-0.15, -0.1) is 10.2 Å². The third-order valence-corrected chi connectivity index (χ3v) is 4.85. The zero-order valence-electron chi connectivity index (χ0n) is 10.7. The van der Waals surface area contributed by atoms with Crippen LogP contribution in [0.5, 0.6) is 0 Å². The first-order chi connectivity index (χ1) is 9.81. The minimum absolute atomic E-state index is 0.0214. The zero-order chi connectivity index (χ0) is 15.6. The lowest BCUT2D eigenvalue weighted by Crippen LogP contribution is -2.28. The number of aromatic nitrogens is 4. The van der Waals surface area contributed by atoms with E-state index in [9.17, 15) is 8.42 Å². The molecule has 8 nitrogen and oxygen atoms in total. The number of thiocarbonyl (C=S) groups is 1. The maximum absolute atomic E-state index is 12.3. The number of nitrogens with two attached hydrogens (primary N) is 1. The molecule has 21 heavy (non-hydrogen) atoms. The van der Waals surface area contributed by atoms with Gasteiger partial charge in [0.15, 0.2) is 5.82 Å². The standard InChI is InChI=1S/C10H11ClN6O2S2/c1-5(10-13-16-17-14-10)15-21(18,19)8-3-2-6(9(12)20)4-7(8)11/h2-5,15H,1H3,(H2,12,20)(H,13,14,16,17). The summed E-state index contributed by atoms with van der Waals surface area (Å²) in [5, 5.41) is 13.1. The molecule has 2 aromatic rings. The molecule has 1 unspecified atom stereocenters. The van der Waals surface area contributed by atoms with Gasteiger partial charge in [-0.2, -0.15) is 5.21 Å². The van der Waals surface area contributed by atoms with Gasteiger partial charge in [0.05, 0.1) is 11.1 Å². The lowest BCUT2D eigenvalue weighted by molar-refractivity contribution is 0.560. The predicted molar refractivity (Wildman–Crippen MR) is 80.3 cm³/mol. The van der Waals surface area contributed by atoms with E-state index in [-0.39, 0.29) is 20.7 Å². The molecular weight excluding hydrogens is 336 g/mol. The van der Waals surface area contributed by atoms with Crippen molar-refractivity contribution in [2.45, 2.75) is 17.9 Å². The van der Waals surface area contributed by atoms with Gasteiger partial charge in [0, 0.05) is 5.56 Å². The topological polar surface area (TPSA) is 127 Å². The molecule has 112 valence electrons. The van der Waals surface area contributed by atoms with Crippen LogP contribution in [0.1, 0.15) is 24.4 Å². The highest BCUT2D eigenvalue weighted by molar-refractivity contribution is 7.89. The van der Waals surface area contributed by atoms with Crippen LogP contribution in [0.15, 0.2) is 23.1 Å². The number of rotatable bonds is 5. The summed E-state index contributed by atoms with van der Waals surface area (Å²) in [7, 11) is -3.85. The molecule has 1 aromatic carbocycles. The highest BCUT2D eigenvalue weighted by Gasteiger charge is 2.23. The van der Waals surface area contributed by atoms with Crippen molar-refractivity contribution in [2.24, 2.45) is 5.73 Å². The maximum Gasteiger partial charge on any atom is 0.242 e. The van der Waals surface area contributed by atoms with Gasteiger partial charge in [0.2, 0.25) is 10.0 Å².